The molecule has 0 aromatic rings. The Bertz CT molecular complexity index is 263. The lowest BCUT2D eigenvalue weighted by Gasteiger charge is -2.28. The number of nitrogens with two attached hydrogens (primary N) is 1. The highest BCUT2D eigenvalue weighted by atomic mass is 32.2. The Morgan fingerprint density at radius 2 is 2.21 bits per heavy atom. The van der Waals surface area contributed by atoms with Crippen molar-refractivity contribution in [3.05, 3.63) is 0 Å². The summed E-state index contributed by atoms with van der Waals surface area (Å²) < 4.78 is 27.8. The summed E-state index contributed by atoms with van der Waals surface area (Å²) in [4.78, 5) is 0. The van der Waals surface area contributed by atoms with Crippen LogP contribution in [-0.2, 0) is 14.6 Å². The summed E-state index contributed by atoms with van der Waals surface area (Å²) in [5.41, 5.74) is 5.87. The molecule has 0 spiro atoms. The van der Waals surface area contributed by atoms with E-state index in [0.717, 1.165) is 6.42 Å². The van der Waals surface area contributed by atoms with Gasteiger partial charge in [0, 0.05) is 18.4 Å². The van der Waals surface area contributed by atoms with Gasteiger partial charge in [0.2, 0.25) is 0 Å². The third-order valence-corrected chi connectivity index (χ3v) is 4.51. The quantitative estimate of drug-likeness (QED) is 0.735. The molecule has 1 heterocycles. The molecule has 0 saturated carbocycles. The van der Waals surface area contributed by atoms with Crippen LogP contribution in [0.1, 0.15) is 19.8 Å². The third-order valence-electron chi connectivity index (χ3n) is 2.77. The molecule has 2 N–H and O–H groups in total. The first-order valence-electron chi connectivity index (χ1n) is 5.09. The highest BCUT2D eigenvalue weighted by Crippen LogP contribution is 2.17. The average molecular weight is 221 g/mol. The van der Waals surface area contributed by atoms with Crippen molar-refractivity contribution >= 4 is 9.84 Å². The van der Waals surface area contributed by atoms with Crippen LogP contribution in [-0.4, -0.2) is 39.2 Å². The van der Waals surface area contributed by atoms with Crippen LogP contribution in [0.25, 0.3) is 0 Å². The molecule has 1 saturated heterocycles. The molecule has 4 nitrogen and oxygen atoms in total. The minimum absolute atomic E-state index is 0.107. The number of hydrogen-bond donors (Lipinski definition) is 1. The minimum atomic E-state index is -2.85. The van der Waals surface area contributed by atoms with Crippen molar-refractivity contribution in [2.24, 2.45) is 11.7 Å². The number of hydrogen-bond acceptors (Lipinski definition) is 4. The van der Waals surface area contributed by atoms with Gasteiger partial charge in [-0.3, -0.25) is 0 Å². The Morgan fingerprint density at radius 1 is 1.50 bits per heavy atom. The van der Waals surface area contributed by atoms with Gasteiger partial charge in [-0.15, -0.1) is 0 Å². The zero-order chi connectivity index (χ0) is 10.6. The summed E-state index contributed by atoms with van der Waals surface area (Å²) in [6.45, 7) is 2.99. The van der Waals surface area contributed by atoms with E-state index in [1.54, 1.807) is 6.92 Å². The molecule has 0 bridgehead atoms. The molecule has 2 unspecified atom stereocenters. The zero-order valence-corrected chi connectivity index (χ0v) is 9.42. The fourth-order valence-corrected chi connectivity index (χ4v) is 2.54. The van der Waals surface area contributed by atoms with Gasteiger partial charge in [-0.05, 0) is 18.8 Å². The second kappa shape index (κ2) is 5.09. The molecule has 0 radical (unpaired) electrons. The van der Waals surface area contributed by atoms with Crippen molar-refractivity contribution in [3.8, 4) is 0 Å². The summed E-state index contributed by atoms with van der Waals surface area (Å²) >= 11 is 0. The predicted molar refractivity (Wildman–Crippen MR) is 55.8 cm³/mol. The fraction of sp³-hybridized carbons (Fsp3) is 1.00. The van der Waals surface area contributed by atoms with Crippen molar-refractivity contribution in [2.45, 2.75) is 25.8 Å². The van der Waals surface area contributed by atoms with Crippen LogP contribution < -0.4 is 5.73 Å². The molecule has 1 aliphatic heterocycles. The van der Waals surface area contributed by atoms with Gasteiger partial charge in [-0.25, -0.2) is 8.42 Å². The normalized spacial score (nSPS) is 29.0. The molecule has 2 atom stereocenters. The van der Waals surface area contributed by atoms with E-state index in [1.165, 1.54) is 0 Å². The van der Waals surface area contributed by atoms with Gasteiger partial charge in [-0.1, -0.05) is 6.92 Å². The van der Waals surface area contributed by atoms with Crippen LogP contribution in [0.3, 0.4) is 0 Å². The maximum Gasteiger partial charge on any atom is 0.150 e. The molecule has 5 heteroatoms. The zero-order valence-electron chi connectivity index (χ0n) is 8.61. The van der Waals surface area contributed by atoms with Crippen molar-refractivity contribution < 1.29 is 13.2 Å². The SMILES string of the molecule is CCS(=O)(=O)CCC1COCCC1N. The van der Waals surface area contributed by atoms with Gasteiger partial charge in [-0.2, -0.15) is 0 Å². The van der Waals surface area contributed by atoms with E-state index in [1.807, 2.05) is 0 Å². The van der Waals surface area contributed by atoms with E-state index in [-0.39, 0.29) is 23.5 Å². The van der Waals surface area contributed by atoms with Crippen LogP contribution in [0.2, 0.25) is 0 Å². The first-order valence-corrected chi connectivity index (χ1v) is 6.91. The molecule has 0 amide bonds. The average Bonchev–Trinajstić information content (AvgIpc) is 2.17. The molecule has 0 aromatic heterocycles. The van der Waals surface area contributed by atoms with Crippen LogP contribution >= 0.6 is 0 Å². The first-order chi connectivity index (χ1) is 6.55. The predicted octanol–water partition coefficient (Wildman–Crippen LogP) is 0.175. The summed E-state index contributed by atoms with van der Waals surface area (Å²) in [5, 5.41) is 0. The molecule has 1 aliphatic rings. The van der Waals surface area contributed by atoms with E-state index < -0.39 is 9.84 Å². The van der Waals surface area contributed by atoms with Crippen LogP contribution in [0.4, 0.5) is 0 Å². The van der Waals surface area contributed by atoms with Gasteiger partial charge in [0.1, 0.15) is 9.84 Å². The van der Waals surface area contributed by atoms with Crippen molar-refractivity contribution in [2.75, 3.05) is 24.7 Å². The summed E-state index contributed by atoms with van der Waals surface area (Å²) in [5.74, 6) is 0.672. The van der Waals surface area contributed by atoms with Gasteiger partial charge in [0.05, 0.1) is 12.4 Å². The van der Waals surface area contributed by atoms with Gasteiger partial charge in [0.15, 0.2) is 0 Å². The maximum atomic E-state index is 11.3. The molecule has 0 aliphatic carbocycles. The van der Waals surface area contributed by atoms with Crippen molar-refractivity contribution in [1.82, 2.24) is 0 Å². The topological polar surface area (TPSA) is 69.4 Å². The van der Waals surface area contributed by atoms with Gasteiger partial charge < -0.3 is 10.5 Å². The lowest BCUT2D eigenvalue weighted by atomic mass is 9.94. The molecular formula is C9H19NO3S. The third kappa shape index (κ3) is 3.55. The Labute approximate surface area is 85.7 Å². The number of ether oxygens (including phenoxy) is 1. The molecular weight excluding hydrogens is 202 g/mol. The number of rotatable bonds is 4. The number of sulfone groups is 1. The van der Waals surface area contributed by atoms with Crippen molar-refractivity contribution in [3.63, 3.8) is 0 Å². The highest BCUT2D eigenvalue weighted by Gasteiger charge is 2.23. The van der Waals surface area contributed by atoms with E-state index >= 15 is 0 Å². The Kier molecular flexibility index (Phi) is 4.34. The van der Waals surface area contributed by atoms with Crippen LogP contribution in [0.15, 0.2) is 0 Å². The standard InChI is InChI=1S/C9H19NO3S/c1-2-14(11,12)6-4-8-7-13-5-3-9(8)10/h8-9H,2-7,10H2,1H3. The van der Waals surface area contributed by atoms with E-state index in [2.05, 4.69) is 0 Å². The lowest BCUT2D eigenvalue weighted by molar-refractivity contribution is 0.0410. The Balaban J connectivity index is 2.36. The second-order valence-electron chi connectivity index (χ2n) is 3.81. The highest BCUT2D eigenvalue weighted by molar-refractivity contribution is 7.91. The molecule has 1 rings (SSSR count). The van der Waals surface area contributed by atoms with Gasteiger partial charge in [0.25, 0.3) is 0 Å². The van der Waals surface area contributed by atoms with Gasteiger partial charge >= 0.3 is 0 Å². The van der Waals surface area contributed by atoms with Crippen LogP contribution in [0, 0.1) is 5.92 Å². The molecule has 84 valence electrons. The summed E-state index contributed by atoms with van der Waals surface area (Å²) in [6.07, 6.45) is 1.48. The molecule has 14 heavy (non-hydrogen) atoms. The van der Waals surface area contributed by atoms with E-state index in [4.69, 9.17) is 10.5 Å². The fourth-order valence-electron chi connectivity index (χ4n) is 1.59. The molecule has 1 fully saturated rings. The summed E-state index contributed by atoms with van der Waals surface area (Å²) in [6, 6.07) is 0.107. The summed E-state index contributed by atoms with van der Waals surface area (Å²) in [7, 11) is -2.85. The monoisotopic (exact) mass is 221 g/mol. The smallest absolute Gasteiger partial charge is 0.150 e. The lowest BCUT2D eigenvalue weighted by Crippen LogP contribution is -2.39. The Morgan fingerprint density at radius 3 is 2.79 bits per heavy atom. The minimum Gasteiger partial charge on any atom is -0.381 e. The molecule has 0 aromatic carbocycles. The van der Waals surface area contributed by atoms with E-state index in [0.29, 0.717) is 19.6 Å². The largest absolute Gasteiger partial charge is 0.381 e. The maximum absolute atomic E-state index is 11.3. The second-order valence-corrected chi connectivity index (χ2v) is 6.29. The Hall–Kier alpha value is -0.130. The van der Waals surface area contributed by atoms with E-state index in [9.17, 15) is 8.42 Å². The van der Waals surface area contributed by atoms with Crippen LogP contribution in [0.5, 0.6) is 0 Å². The van der Waals surface area contributed by atoms with Crippen molar-refractivity contribution in [1.29, 1.82) is 0 Å². The first kappa shape index (κ1) is 11.9.